The molecule has 0 fully saturated rings. The minimum absolute atomic E-state index is 0.0408. The van der Waals surface area contributed by atoms with E-state index >= 15 is 0 Å². The molecule has 6 nitrogen and oxygen atoms in total. The molecule has 0 saturated carbocycles. The summed E-state index contributed by atoms with van der Waals surface area (Å²) < 4.78 is 25.9. The molecule has 7 heteroatoms. The number of rotatable bonds is 6. The molecule has 1 aromatic rings. The molecule has 0 aliphatic rings. The van der Waals surface area contributed by atoms with E-state index in [1.54, 1.807) is 12.1 Å². The fraction of sp³-hybridized carbons (Fsp3) is 0.300. The molecule has 0 bridgehead atoms. The molecule has 0 atom stereocenters. The highest BCUT2D eigenvalue weighted by molar-refractivity contribution is 7.89. The van der Waals surface area contributed by atoms with Crippen molar-refractivity contribution in [1.82, 2.24) is 4.72 Å². The summed E-state index contributed by atoms with van der Waals surface area (Å²) in [6.45, 7) is 0.152. The number of sulfonamides is 1. The molecule has 0 aliphatic carbocycles. The highest BCUT2D eigenvalue weighted by Crippen LogP contribution is 2.16. The van der Waals surface area contributed by atoms with Crippen LogP contribution >= 0.6 is 0 Å². The average molecular weight is 257 g/mol. The van der Waals surface area contributed by atoms with Gasteiger partial charge in [-0.15, -0.1) is 0 Å². The summed E-state index contributed by atoms with van der Waals surface area (Å²) in [5, 5.41) is 0. The first-order chi connectivity index (χ1) is 7.93. The molecular formula is C10H15N3O3S. The third-order valence-corrected chi connectivity index (χ3v) is 3.64. The summed E-state index contributed by atoms with van der Waals surface area (Å²) in [5.41, 5.74) is 10.7. The van der Waals surface area contributed by atoms with Crippen LogP contribution in [0.5, 0.6) is 0 Å². The van der Waals surface area contributed by atoms with Gasteiger partial charge in [-0.1, -0.05) is 12.1 Å². The summed E-state index contributed by atoms with van der Waals surface area (Å²) in [5.74, 6) is -0.455. The van der Waals surface area contributed by atoms with Crippen molar-refractivity contribution in [2.45, 2.75) is 17.7 Å². The fourth-order valence-corrected chi connectivity index (χ4v) is 2.48. The van der Waals surface area contributed by atoms with Gasteiger partial charge in [-0.3, -0.25) is 4.79 Å². The molecule has 0 heterocycles. The number of nitrogens with one attached hydrogen (secondary N) is 1. The first kappa shape index (κ1) is 13.5. The highest BCUT2D eigenvalue weighted by atomic mass is 32.2. The van der Waals surface area contributed by atoms with E-state index in [9.17, 15) is 13.2 Å². The minimum atomic E-state index is -3.62. The Morgan fingerprint density at radius 2 is 1.94 bits per heavy atom. The summed E-state index contributed by atoms with van der Waals surface area (Å²) >= 11 is 0. The standard InChI is InChI=1S/C10H15N3O3S/c11-8-4-1-2-5-9(8)17(15,16)13-7-3-6-10(12)14/h1-2,4-5,13H,3,6-7,11H2,(H2,12,14). The molecule has 94 valence electrons. The Labute approximate surface area is 100 Å². The Morgan fingerprint density at radius 3 is 2.53 bits per heavy atom. The molecule has 0 unspecified atom stereocenters. The predicted octanol–water partition coefficient (Wildman–Crippen LogP) is -0.187. The van der Waals surface area contributed by atoms with Crippen molar-refractivity contribution in [3.05, 3.63) is 24.3 Å². The lowest BCUT2D eigenvalue weighted by Crippen LogP contribution is -2.26. The number of nitrogens with two attached hydrogens (primary N) is 2. The number of hydrogen-bond donors (Lipinski definition) is 3. The Morgan fingerprint density at radius 1 is 1.29 bits per heavy atom. The van der Waals surface area contributed by atoms with Crippen LogP contribution in [0.4, 0.5) is 5.69 Å². The van der Waals surface area contributed by atoms with Crippen molar-refractivity contribution in [3.63, 3.8) is 0 Å². The first-order valence-corrected chi connectivity index (χ1v) is 6.54. The van der Waals surface area contributed by atoms with Gasteiger partial charge in [-0.2, -0.15) is 0 Å². The second kappa shape index (κ2) is 5.65. The topological polar surface area (TPSA) is 115 Å². The van der Waals surface area contributed by atoms with E-state index in [4.69, 9.17) is 11.5 Å². The van der Waals surface area contributed by atoms with Crippen LogP contribution in [-0.2, 0) is 14.8 Å². The maximum absolute atomic E-state index is 11.8. The molecule has 0 saturated heterocycles. The highest BCUT2D eigenvalue weighted by Gasteiger charge is 2.15. The Bertz CT molecular complexity index is 499. The van der Waals surface area contributed by atoms with Crippen LogP contribution in [0.1, 0.15) is 12.8 Å². The van der Waals surface area contributed by atoms with Crippen molar-refractivity contribution < 1.29 is 13.2 Å². The van der Waals surface area contributed by atoms with Crippen molar-refractivity contribution in [3.8, 4) is 0 Å². The van der Waals surface area contributed by atoms with Crippen LogP contribution in [0.15, 0.2) is 29.2 Å². The monoisotopic (exact) mass is 257 g/mol. The fourth-order valence-electron chi connectivity index (χ4n) is 1.27. The molecule has 5 N–H and O–H groups in total. The number of carbonyl (C=O) groups is 1. The van der Waals surface area contributed by atoms with Crippen molar-refractivity contribution in [2.24, 2.45) is 5.73 Å². The van der Waals surface area contributed by atoms with Crippen molar-refractivity contribution >= 4 is 21.6 Å². The van der Waals surface area contributed by atoms with Gasteiger partial charge in [0.2, 0.25) is 15.9 Å². The molecule has 0 aliphatic heterocycles. The SMILES string of the molecule is NC(=O)CCCNS(=O)(=O)c1ccccc1N. The maximum Gasteiger partial charge on any atom is 0.242 e. The van der Waals surface area contributed by atoms with Crippen molar-refractivity contribution in [1.29, 1.82) is 0 Å². The maximum atomic E-state index is 11.8. The third kappa shape index (κ3) is 4.04. The number of amides is 1. The van der Waals surface area contributed by atoms with Gasteiger partial charge in [0.05, 0.1) is 5.69 Å². The number of benzene rings is 1. The van der Waals surface area contributed by atoms with Gasteiger partial charge in [0.15, 0.2) is 0 Å². The van der Waals surface area contributed by atoms with Gasteiger partial charge >= 0.3 is 0 Å². The lowest BCUT2D eigenvalue weighted by molar-refractivity contribution is -0.118. The second-order valence-electron chi connectivity index (χ2n) is 3.51. The minimum Gasteiger partial charge on any atom is -0.398 e. The molecule has 17 heavy (non-hydrogen) atoms. The van der Waals surface area contributed by atoms with E-state index in [-0.39, 0.29) is 23.5 Å². The molecule has 0 spiro atoms. The Hall–Kier alpha value is -1.60. The van der Waals surface area contributed by atoms with Crippen LogP contribution in [0.25, 0.3) is 0 Å². The van der Waals surface area contributed by atoms with Gasteiger partial charge in [0.1, 0.15) is 4.90 Å². The van der Waals surface area contributed by atoms with E-state index in [2.05, 4.69) is 4.72 Å². The summed E-state index contributed by atoms with van der Waals surface area (Å²) in [7, 11) is -3.62. The van der Waals surface area contributed by atoms with Crippen LogP contribution in [0, 0.1) is 0 Å². The molecule has 1 amide bonds. The van der Waals surface area contributed by atoms with E-state index in [1.165, 1.54) is 12.1 Å². The Kier molecular flexibility index (Phi) is 4.47. The van der Waals surface area contributed by atoms with Gasteiger partial charge in [0.25, 0.3) is 0 Å². The van der Waals surface area contributed by atoms with E-state index < -0.39 is 15.9 Å². The number of carbonyl (C=O) groups excluding carboxylic acids is 1. The average Bonchev–Trinajstić information content (AvgIpc) is 2.24. The quantitative estimate of drug-likeness (QED) is 0.484. The molecule has 1 aromatic carbocycles. The smallest absolute Gasteiger partial charge is 0.242 e. The lowest BCUT2D eigenvalue weighted by Gasteiger charge is -2.08. The molecule has 1 rings (SSSR count). The zero-order chi connectivity index (χ0) is 12.9. The van der Waals surface area contributed by atoms with Gasteiger partial charge in [-0.25, -0.2) is 13.1 Å². The number of para-hydroxylation sites is 1. The van der Waals surface area contributed by atoms with Crippen molar-refractivity contribution in [2.75, 3.05) is 12.3 Å². The molecule has 0 radical (unpaired) electrons. The van der Waals surface area contributed by atoms with Gasteiger partial charge < -0.3 is 11.5 Å². The van der Waals surface area contributed by atoms with Crippen LogP contribution in [0.3, 0.4) is 0 Å². The van der Waals surface area contributed by atoms with E-state index in [0.29, 0.717) is 6.42 Å². The number of primary amides is 1. The largest absolute Gasteiger partial charge is 0.398 e. The van der Waals surface area contributed by atoms with Crippen LogP contribution < -0.4 is 16.2 Å². The zero-order valence-corrected chi connectivity index (χ0v) is 10.0. The lowest BCUT2D eigenvalue weighted by atomic mass is 10.3. The predicted molar refractivity (Wildman–Crippen MR) is 64.5 cm³/mol. The summed E-state index contributed by atoms with van der Waals surface area (Å²) in [6, 6.07) is 6.18. The van der Waals surface area contributed by atoms with E-state index in [1.807, 2.05) is 0 Å². The number of nitrogen functional groups attached to an aromatic ring is 1. The van der Waals surface area contributed by atoms with Crippen LogP contribution in [-0.4, -0.2) is 20.9 Å². The molecular weight excluding hydrogens is 242 g/mol. The van der Waals surface area contributed by atoms with E-state index in [0.717, 1.165) is 0 Å². The summed E-state index contributed by atoms with van der Waals surface area (Å²) in [4.78, 5) is 10.5. The molecule has 0 aromatic heterocycles. The normalized spacial score (nSPS) is 11.3. The van der Waals surface area contributed by atoms with Gasteiger partial charge in [-0.05, 0) is 18.6 Å². The Balaban J connectivity index is 2.64. The van der Waals surface area contributed by atoms with Gasteiger partial charge in [0, 0.05) is 13.0 Å². The van der Waals surface area contributed by atoms with Crippen LogP contribution in [0.2, 0.25) is 0 Å². The summed E-state index contributed by atoms with van der Waals surface area (Å²) in [6.07, 6.45) is 0.508. The number of anilines is 1. The zero-order valence-electron chi connectivity index (χ0n) is 9.22. The first-order valence-electron chi connectivity index (χ1n) is 5.06. The second-order valence-corrected chi connectivity index (χ2v) is 5.24. The third-order valence-electron chi connectivity index (χ3n) is 2.10. The number of hydrogen-bond acceptors (Lipinski definition) is 4.